The van der Waals surface area contributed by atoms with Crippen molar-refractivity contribution in [3.63, 3.8) is 0 Å². The minimum Gasteiger partial charge on any atom is -0.358 e. The van der Waals surface area contributed by atoms with Crippen molar-refractivity contribution in [1.29, 1.82) is 0 Å². The van der Waals surface area contributed by atoms with Gasteiger partial charge >= 0.3 is 0 Å². The number of H-pyrrole nitrogens is 1. The van der Waals surface area contributed by atoms with E-state index in [-0.39, 0.29) is 16.9 Å². The standard InChI is InChI=1S/C21H26N2/c1-6-21(4)12-11-14-17(19(21)22-5)16-13-9-7-8-10-15(13)23-18(16)20(14,2)3/h6-10,14,17,19,23H,1,5,11-12H2,2-4H3/t14-,17-,19+,21+/m0/s1. The lowest BCUT2D eigenvalue weighted by Crippen LogP contribution is -2.44. The van der Waals surface area contributed by atoms with Crippen LogP contribution in [0.5, 0.6) is 0 Å². The minimum atomic E-state index is 0.0407. The highest BCUT2D eigenvalue weighted by Crippen LogP contribution is 2.62. The molecule has 0 aliphatic heterocycles. The van der Waals surface area contributed by atoms with Crippen LogP contribution in [-0.4, -0.2) is 17.7 Å². The summed E-state index contributed by atoms with van der Waals surface area (Å²) in [5.74, 6) is 1.06. The summed E-state index contributed by atoms with van der Waals surface area (Å²) in [6, 6.07) is 8.89. The van der Waals surface area contributed by atoms with Crippen LogP contribution in [0.15, 0.2) is 41.9 Å². The summed E-state index contributed by atoms with van der Waals surface area (Å²) in [5.41, 5.74) is 4.35. The van der Waals surface area contributed by atoms with Gasteiger partial charge in [0, 0.05) is 33.3 Å². The molecule has 0 spiro atoms. The number of nitrogens with zero attached hydrogens (tertiary/aromatic N) is 1. The van der Waals surface area contributed by atoms with E-state index in [1.807, 2.05) is 0 Å². The largest absolute Gasteiger partial charge is 0.358 e. The van der Waals surface area contributed by atoms with Gasteiger partial charge in [0.05, 0.1) is 6.04 Å². The number of fused-ring (bicyclic) bond motifs is 5. The van der Waals surface area contributed by atoms with Crippen LogP contribution in [0.3, 0.4) is 0 Å². The fourth-order valence-electron chi connectivity index (χ4n) is 5.34. The first kappa shape index (κ1) is 14.7. The van der Waals surface area contributed by atoms with Crippen LogP contribution in [0, 0.1) is 11.3 Å². The molecule has 4 rings (SSSR count). The number of nitrogens with one attached hydrogen (secondary N) is 1. The third-order valence-electron chi connectivity index (χ3n) is 6.76. The smallest absolute Gasteiger partial charge is 0.0652 e. The van der Waals surface area contributed by atoms with Crippen molar-refractivity contribution < 1.29 is 0 Å². The Morgan fingerprint density at radius 2 is 2.00 bits per heavy atom. The van der Waals surface area contributed by atoms with E-state index in [9.17, 15) is 0 Å². The van der Waals surface area contributed by atoms with E-state index in [0.717, 1.165) is 6.42 Å². The minimum absolute atomic E-state index is 0.0407. The lowest BCUT2D eigenvalue weighted by Gasteiger charge is -2.47. The van der Waals surface area contributed by atoms with Gasteiger partial charge in [-0.05, 0) is 37.1 Å². The molecule has 1 N–H and O–H groups in total. The molecule has 2 aliphatic carbocycles. The van der Waals surface area contributed by atoms with Crippen LogP contribution in [0.2, 0.25) is 0 Å². The van der Waals surface area contributed by atoms with Crippen molar-refractivity contribution in [3.8, 4) is 0 Å². The first-order chi connectivity index (χ1) is 10.9. The van der Waals surface area contributed by atoms with Gasteiger partial charge in [0.25, 0.3) is 0 Å². The number of hydrogen-bond donors (Lipinski definition) is 1. The summed E-state index contributed by atoms with van der Waals surface area (Å²) in [5, 5.41) is 1.37. The molecule has 1 aromatic carbocycles. The Morgan fingerprint density at radius 3 is 2.70 bits per heavy atom. The first-order valence-electron chi connectivity index (χ1n) is 8.64. The number of rotatable bonds is 2. The Kier molecular flexibility index (Phi) is 2.94. The van der Waals surface area contributed by atoms with E-state index in [0.29, 0.717) is 11.8 Å². The van der Waals surface area contributed by atoms with Gasteiger partial charge in [0.1, 0.15) is 0 Å². The Hall–Kier alpha value is -1.83. The fraction of sp³-hybridized carbons (Fsp3) is 0.476. The topological polar surface area (TPSA) is 28.1 Å². The van der Waals surface area contributed by atoms with Crippen molar-refractivity contribution in [3.05, 3.63) is 48.2 Å². The van der Waals surface area contributed by atoms with E-state index in [1.165, 1.54) is 28.6 Å². The summed E-state index contributed by atoms with van der Waals surface area (Å²) >= 11 is 0. The van der Waals surface area contributed by atoms with Crippen LogP contribution in [0.1, 0.15) is 50.8 Å². The van der Waals surface area contributed by atoms with Crippen molar-refractivity contribution >= 4 is 17.6 Å². The zero-order valence-electron chi connectivity index (χ0n) is 14.4. The maximum absolute atomic E-state index is 4.63. The molecule has 2 aliphatic rings. The van der Waals surface area contributed by atoms with Crippen LogP contribution in [0.25, 0.3) is 10.9 Å². The average Bonchev–Trinajstić information content (AvgIpc) is 3.02. The summed E-state index contributed by atoms with van der Waals surface area (Å²) < 4.78 is 0. The molecule has 1 heterocycles. The van der Waals surface area contributed by atoms with E-state index in [1.54, 1.807) is 0 Å². The Bertz CT molecular complexity index is 797. The molecule has 1 fully saturated rings. The second kappa shape index (κ2) is 4.59. The maximum Gasteiger partial charge on any atom is 0.0652 e. The number of aromatic amines is 1. The summed E-state index contributed by atoms with van der Waals surface area (Å²) in [6.45, 7) is 15.2. The number of hydrogen-bond acceptors (Lipinski definition) is 1. The van der Waals surface area contributed by atoms with Gasteiger partial charge in [0.2, 0.25) is 0 Å². The summed E-state index contributed by atoms with van der Waals surface area (Å²) in [6.07, 6.45) is 4.48. The molecule has 4 atom stereocenters. The Morgan fingerprint density at radius 1 is 1.26 bits per heavy atom. The predicted molar refractivity (Wildman–Crippen MR) is 98.4 cm³/mol. The predicted octanol–water partition coefficient (Wildman–Crippen LogP) is 5.21. The quantitative estimate of drug-likeness (QED) is 0.582. The van der Waals surface area contributed by atoms with Crippen LogP contribution < -0.4 is 0 Å². The molecule has 2 heteroatoms. The van der Waals surface area contributed by atoms with Gasteiger partial charge in [-0.3, -0.25) is 4.99 Å². The van der Waals surface area contributed by atoms with Gasteiger partial charge in [-0.15, -0.1) is 6.58 Å². The highest BCUT2D eigenvalue weighted by Gasteiger charge is 2.56. The lowest BCUT2D eigenvalue weighted by molar-refractivity contribution is 0.126. The Labute approximate surface area is 138 Å². The van der Waals surface area contributed by atoms with Crippen LogP contribution in [-0.2, 0) is 5.41 Å². The first-order valence-corrected chi connectivity index (χ1v) is 8.64. The lowest BCUT2D eigenvalue weighted by atomic mass is 9.59. The van der Waals surface area contributed by atoms with Crippen molar-refractivity contribution in [1.82, 2.24) is 4.98 Å². The zero-order valence-corrected chi connectivity index (χ0v) is 14.4. The van der Waals surface area contributed by atoms with E-state index >= 15 is 0 Å². The molecule has 0 saturated heterocycles. The summed E-state index contributed by atoms with van der Waals surface area (Å²) in [7, 11) is 0. The number of aliphatic imine (C=N–C) groups is 1. The highest BCUT2D eigenvalue weighted by atomic mass is 14.9. The molecular weight excluding hydrogens is 280 g/mol. The number of aromatic nitrogens is 1. The third-order valence-corrected chi connectivity index (χ3v) is 6.76. The normalized spacial score (nSPS) is 34.8. The number of benzene rings is 1. The molecule has 1 saturated carbocycles. The fourth-order valence-corrected chi connectivity index (χ4v) is 5.34. The second-order valence-electron chi connectivity index (χ2n) is 8.19. The highest BCUT2D eigenvalue weighted by molar-refractivity contribution is 5.87. The maximum atomic E-state index is 4.63. The zero-order chi connectivity index (χ0) is 16.4. The van der Waals surface area contributed by atoms with Gasteiger partial charge in [0.15, 0.2) is 0 Å². The number of para-hydroxylation sites is 1. The van der Waals surface area contributed by atoms with Crippen molar-refractivity contribution in [2.24, 2.45) is 16.3 Å². The van der Waals surface area contributed by atoms with Gasteiger partial charge in [-0.25, -0.2) is 0 Å². The van der Waals surface area contributed by atoms with Crippen LogP contribution in [0.4, 0.5) is 0 Å². The molecule has 0 unspecified atom stereocenters. The average molecular weight is 306 g/mol. The molecule has 23 heavy (non-hydrogen) atoms. The van der Waals surface area contributed by atoms with E-state index in [4.69, 9.17) is 0 Å². The van der Waals surface area contributed by atoms with Crippen molar-refractivity contribution in [2.45, 2.75) is 51.0 Å². The van der Waals surface area contributed by atoms with Gasteiger partial charge in [-0.1, -0.05) is 45.0 Å². The summed E-state index contributed by atoms with van der Waals surface area (Å²) in [4.78, 5) is 8.35. The molecule has 0 bridgehead atoms. The monoisotopic (exact) mass is 306 g/mol. The van der Waals surface area contributed by atoms with Crippen LogP contribution >= 0.6 is 0 Å². The second-order valence-corrected chi connectivity index (χ2v) is 8.19. The molecule has 2 aromatic rings. The molecule has 1 aromatic heterocycles. The van der Waals surface area contributed by atoms with Gasteiger partial charge in [-0.2, -0.15) is 0 Å². The van der Waals surface area contributed by atoms with E-state index < -0.39 is 0 Å². The van der Waals surface area contributed by atoms with E-state index in [2.05, 4.69) is 74.4 Å². The molecular formula is C21H26N2. The molecule has 0 radical (unpaired) electrons. The SMILES string of the molecule is C=C[C@]1(C)CC[C@H]2[C@@H](c3c([nH]c4ccccc34)C2(C)C)[C@H]1N=C. The van der Waals surface area contributed by atoms with Crippen molar-refractivity contribution in [2.75, 3.05) is 0 Å². The Balaban J connectivity index is 1.99. The molecule has 0 amide bonds. The third kappa shape index (κ3) is 1.72. The van der Waals surface area contributed by atoms with Gasteiger partial charge < -0.3 is 4.98 Å². The molecule has 120 valence electrons. The molecule has 2 nitrogen and oxygen atoms in total.